The zero-order valence-electron chi connectivity index (χ0n) is 14.4. The van der Waals surface area contributed by atoms with Gasteiger partial charge >= 0.3 is 5.97 Å². The number of amides is 1. The number of nitrogens with one attached hydrogen (secondary N) is 1. The molecule has 2 atom stereocenters. The summed E-state index contributed by atoms with van der Waals surface area (Å²) in [4.78, 5) is 22.8. The van der Waals surface area contributed by atoms with Gasteiger partial charge in [0.05, 0.1) is 18.5 Å². The molecule has 0 aliphatic carbocycles. The average Bonchev–Trinajstić information content (AvgIpc) is 2.60. The van der Waals surface area contributed by atoms with Crippen LogP contribution in [0.3, 0.4) is 0 Å². The van der Waals surface area contributed by atoms with E-state index >= 15 is 0 Å². The maximum absolute atomic E-state index is 12.2. The zero-order chi connectivity index (χ0) is 18.1. The summed E-state index contributed by atoms with van der Waals surface area (Å²) < 4.78 is 11.2. The van der Waals surface area contributed by atoms with Gasteiger partial charge in [0.2, 0.25) is 0 Å². The van der Waals surface area contributed by atoms with E-state index in [2.05, 4.69) is 5.32 Å². The Morgan fingerprint density at radius 3 is 3.00 bits per heavy atom. The molecular weight excluding hydrogens is 342 g/mol. The smallest absolute Gasteiger partial charge is 0.313 e. The second-order valence-electron chi connectivity index (χ2n) is 6.04. The van der Waals surface area contributed by atoms with Crippen LogP contribution in [-0.2, 0) is 24.8 Å². The van der Waals surface area contributed by atoms with E-state index in [1.807, 2.05) is 18.2 Å². The van der Waals surface area contributed by atoms with Crippen LogP contribution in [0.2, 0.25) is 0 Å². The number of carboxylic acid groups (broad SMARTS) is 1. The van der Waals surface area contributed by atoms with Gasteiger partial charge in [-0.15, -0.1) is 11.8 Å². The molecule has 0 radical (unpaired) electrons. The van der Waals surface area contributed by atoms with Crippen molar-refractivity contribution >= 4 is 29.3 Å². The first-order valence-corrected chi connectivity index (χ1v) is 9.62. The van der Waals surface area contributed by atoms with Crippen molar-refractivity contribution in [1.29, 1.82) is 0 Å². The molecule has 1 saturated heterocycles. The van der Waals surface area contributed by atoms with Crippen LogP contribution >= 0.6 is 11.8 Å². The first kappa shape index (κ1) is 19.8. The van der Waals surface area contributed by atoms with Gasteiger partial charge in [-0.2, -0.15) is 0 Å². The van der Waals surface area contributed by atoms with Gasteiger partial charge in [-0.25, -0.2) is 0 Å². The Kier molecular flexibility index (Phi) is 8.24. The summed E-state index contributed by atoms with van der Waals surface area (Å²) in [6.45, 7) is 2.92. The van der Waals surface area contributed by atoms with Crippen LogP contribution in [0.15, 0.2) is 24.3 Å². The molecular formula is C18H25NO5S. The van der Waals surface area contributed by atoms with Crippen molar-refractivity contribution < 1.29 is 24.2 Å². The molecule has 138 valence electrons. The molecule has 1 aliphatic heterocycles. The molecule has 1 fully saturated rings. The molecule has 6 nitrogen and oxygen atoms in total. The van der Waals surface area contributed by atoms with Crippen molar-refractivity contribution in [3.8, 4) is 0 Å². The van der Waals surface area contributed by atoms with Crippen molar-refractivity contribution in [2.75, 3.05) is 24.3 Å². The van der Waals surface area contributed by atoms with Gasteiger partial charge in [-0.3, -0.25) is 9.59 Å². The predicted octanol–water partition coefficient (Wildman–Crippen LogP) is 2.92. The fourth-order valence-electron chi connectivity index (χ4n) is 2.51. The van der Waals surface area contributed by atoms with Gasteiger partial charge < -0.3 is 19.9 Å². The number of carbonyl (C=O) groups excluding carboxylic acids is 1. The highest BCUT2D eigenvalue weighted by Gasteiger charge is 2.19. The van der Waals surface area contributed by atoms with Crippen LogP contribution < -0.4 is 5.32 Å². The summed E-state index contributed by atoms with van der Waals surface area (Å²) in [5.74, 6) is -0.389. The number of benzene rings is 1. The normalized spacial score (nSPS) is 18.5. The molecule has 2 rings (SSSR count). The third-order valence-electron chi connectivity index (χ3n) is 3.86. The SMILES string of the molecule is CC(OCC1CCCCO1)C(=O)Nc1cccc(CSCC(=O)O)c1. The quantitative estimate of drug-likeness (QED) is 0.698. The number of aliphatic carboxylic acids is 1. The lowest BCUT2D eigenvalue weighted by atomic mass is 10.1. The van der Waals surface area contributed by atoms with Gasteiger partial charge in [-0.05, 0) is 43.9 Å². The maximum atomic E-state index is 12.2. The fraction of sp³-hybridized carbons (Fsp3) is 0.556. The highest BCUT2D eigenvalue weighted by molar-refractivity contribution is 7.99. The van der Waals surface area contributed by atoms with Gasteiger partial charge in [0.25, 0.3) is 5.91 Å². The van der Waals surface area contributed by atoms with Gasteiger partial charge in [-0.1, -0.05) is 12.1 Å². The lowest BCUT2D eigenvalue weighted by Crippen LogP contribution is -2.32. The molecule has 0 aromatic heterocycles. The Balaban J connectivity index is 1.77. The van der Waals surface area contributed by atoms with Gasteiger partial charge in [0.1, 0.15) is 6.10 Å². The number of hydrogen-bond acceptors (Lipinski definition) is 5. The molecule has 1 aromatic rings. The Hall–Kier alpha value is -1.57. The van der Waals surface area contributed by atoms with Crippen LogP contribution in [0.4, 0.5) is 5.69 Å². The summed E-state index contributed by atoms with van der Waals surface area (Å²) in [7, 11) is 0. The van der Waals surface area contributed by atoms with Gasteiger partial charge in [0, 0.05) is 18.0 Å². The maximum Gasteiger partial charge on any atom is 0.313 e. The van der Waals surface area contributed by atoms with Crippen molar-refractivity contribution in [2.45, 2.75) is 44.1 Å². The molecule has 0 bridgehead atoms. The van der Waals surface area contributed by atoms with Crippen molar-refractivity contribution in [3.05, 3.63) is 29.8 Å². The monoisotopic (exact) mass is 367 g/mol. The fourth-order valence-corrected chi connectivity index (χ4v) is 3.20. The number of anilines is 1. The topological polar surface area (TPSA) is 84.9 Å². The summed E-state index contributed by atoms with van der Waals surface area (Å²) in [5, 5.41) is 11.5. The third kappa shape index (κ3) is 7.46. The zero-order valence-corrected chi connectivity index (χ0v) is 15.2. The summed E-state index contributed by atoms with van der Waals surface area (Å²) in [6.07, 6.45) is 2.73. The highest BCUT2D eigenvalue weighted by Crippen LogP contribution is 2.17. The number of carbonyl (C=O) groups is 2. The van der Waals surface area contributed by atoms with Crippen molar-refractivity contribution in [2.24, 2.45) is 0 Å². The summed E-state index contributed by atoms with van der Waals surface area (Å²) in [6, 6.07) is 7.41. The average molecular weight is 367 g/mol. The number of hydrogen-bond donors (Lipinski definition) is 2. The molecule has 25 heavy (non-hydrogen) atoms. The van der Waals surface area contributed by atoms with Crippen molar-refractivity contribution in [3.63, 3.8) is 0 Å². The highest BCUT2D eigenvalue weighted by atomic mass is 32.2. The summed E-state index contributed by atoms with van der Waals surface area (Å²) in [5.41, 5.74) is 1.65. The third-order valence-corrected chi connectivity index (χ3v) is 4.85. The molecule has 1 aliphatic rings. The number of thioether (sulfide) groups is 1. The molecule has 0 saturated carbocycles. The Bertz CT molecular complexity index is 574. The molecule has 2 unspecified atom stereocenters. The first-order chi connectivity index (χ1) is 12.0. The van der Waals surface area contributed by atoms with E-state index in [0.29, 0.717) is 18.0 Å². The largest absolute Gasteiger partial charge is 0.481 e. The standard InChI is InChI=1S/C18H25NO5S/c1-13(24-10-16-7-2-3-8-23-16)18(22)19-15-6-4-5-14(9-15)11-25-12-17(20)21/h4-6,9,13,16H,2-3,7-8,10-12H2,1H3,(H,19,22)(H,20,21). The lowest BCUT2D eigenvalue weighted by molar-refractivity contribution is -0.134. The van der Waals surface area contributed by atoms with Crippen LogP contribution in [0.25, 0.3) is 0 Å². The van der Waals surface area contributed by atoms with Crippen LogP contribution in [0, 0.1) is 0 Å². The van der Waals surface area contributed by atoms with Crippen LogP contribution in [-0.4, -0.2) is 48.2 Å². The molecule has 2 N–H and O–H groups in total. The molecule has 1 heterocycles. The Morgan fingerprint density at radius 1 is 1.44 bits per heavy atom. The second kappa shape index (κ2) is 10.4. The second-order valence-corrected chi connectivity index (χ2v) is 7.03. The van der Waals surface area contributed by atoms with E-state index in [-0.39, 0.29) is 17.8 Å². The molecule has 7 heteroatoms. The van der Waals surface area contributed by atoms with Crippen LogP contribution in [0.5, 0.6) is 0 Å². The van der Waals surface area contributed by atoms with E-state index in [9.17, 15) is 9.59 Å². The van der Waals surface area contributed by atoms with Gasteiger partial charge in [0.15, 0.2) is 0 Å². The molecule has 0 spiro atoms. The van der Waals surface area contributed by atoms with E-state index < -0.39 is 12.1 Å². The number of ether oxygens (including phenoxy) is 2. The first-order valence-electron chi connectivity index (χ1n) is 8.47. The number of rotatable bonds is 9. The minimum absolute atomic E-state index is 0.0602. The van der Waals surface area contributed by atoms with E-state index in [1.165, 1.54) is 11.8 Å². The molecule has 1 aromatic carbocycles. The minimum atomic E-state index is -0.831. The van der Waals surface area contributed by atoms with Crippen molar-refractivity contribution in [1.82, 2.24) is 0 Å². The van der Waals surface area contributed by atoms with E-state index in [4.69, 9.17) is 14.6 Å². The number of carboxylic acids is 1. The lowest BCUT2D eigenvalue weighted by Gasteiger charge is -2.23. The Labute approximate surface area is 152 Å². The minimum Gasteiger partial charge on any atom is -0.481 e. The Morgan fingerprint density at radius 2 is 2.28 bits per heavy atom. The predicted molar refractivity (Wildman–Crippen MR) is 97.9 cm³/mol. The summed E-state index contributed by atoms with van der Waals surface area (Å²) >= 11 is 1.32. The molecule has 1 amide bonds. The van der Waals surface area contributed by atoms with E-state index in [0.717, 1.165) is 31.4 Å². The van der Waals surface area contributed by atoms with E-state index in [1.54, 1.807) is 13.0 Å². The van der Waals surface area contributed by atoms with Crippen LogP contribution in [0.1, 0.15) is 31.7 Å².